The lowest BCUT2D eigenvalue weighted by atomic mass is 10.0. The quantitative estimate of drug-likeness (QED) is 0.273. The van der Waals surface area contributed by atoms with Crippen LogP contribution in [0.5, 0.6) is 0 Å². The van der Waals surface area contributed by atoms with E-state index < -0.39 is 5.97 Å². The SMILES string of the molecule is CCCCc1cn(-c2c(C(=O)OC)cnn2CC)c(=O)n1Cc1ccc(-c2ccccc2-c2nnn[nH]2)nc1. The minimum absolute atomic E-state index is 0.243. The summed E-state index contributed by atoms with van der Waals surface area (Å²) in [5, 5.41) is 18.5. The van der Waals surface area contributed by atoms with Gasteiger partial charge in [-0.3, -0.25) is 14.1 Å². The molecular formula is C27H29N9O3. The van der Waals surface area contributed by atoms with Crippen LogP contribution in [0.4, 0.5) is 0 Å². The van der Waals surface area contributed by atoms with Gasteiger partial charge in [-0.25, -0.2) is 19.4 Å². The van der Waals surface area contributed by atoms with Crippen molar-refractivity contribution in [2.24, 2.45) is 0 Å². The first-order chi connectivity index (χ1) is 19.0. The van der Waals surface area contributed by atoms with Gasteiger partial charge in [0.2, 0.25) is 0 Å². The normalized spacial score (nSPS) is 11.2. The van der Waals surface area contributed by atoms with E-state index >= 15 is 0 Å². The van der Waals surface area contributed by atoms with Crippen LogP contribution in [0.3, 0.4) is 0 Å². The number of nitrogens with one attached hydrogen (secondary N) is 1. The first-order valence-corrected chi connectivity index (χ1v) is 12.8. The maximum Gasteiger partial charge on any atom is 0.343 e. The maximum atomic E-state index is 13.7. The highest BCUT2D eigenvalue weighted by Crippen LogP contribution is 2.28. The monoisotopic (exact) mass is 527 g/mol. The lowest BCUT2D eigenvalue weighted by molar-refractivity contribution is 0.0600. The summed E-state index contributed by atoms with van der Waals surface area (Å²) in [7, 11) is 1.31. The number of esters is 1. The van der Waals surface area contributed by atoms with Crippen molar-refractivity contribution in [3.8, 4) is 28.5 Å². The number of carbonyl (C=O) groups is 1. The smallest absolute Gasteiger partial charge is 0.343 e. The highest BCUT2D eigenvalue weighted by Gasteiger charge is 2.23. The van der Waals surface area contributed by atoms with E-state index in [0.29, 0.717) is 24.7 Å². The van der Waals surface area contributed by atoms with Gasteiger partial charge in [0.15, 0.2) is 11.6 Å². The van der Waals surface area contributed by atoms with Crippen LogP contribution in [0.1, 0.15) is 48.3 Å². The van der Waals surface area contributed by atoms with Crippen LogP contribution in [-0.4, -0.2) is 57.6 Å². The number of hydrogen-bond acceptors (Lipinski definition) is 8. The van der Waals surface area contributed by atoms with Gasteiger partial charge in [0, 0.05) is 35.8 Å². The number of pyridine rings is 1. The Kier molecular flexibility index (Phi) is 7.43. The van der Waals surface area contributed by atoms with Gasteiger partial charge < -0.3 is 4.74 Å². The molecule has 0 aliphatic rings. The number of hydrogen-bond donors (Lipinski definition) is 1. The predicted octanol–water partition coefficient (Wildman–Crippen LogP) is 3.28. The fourth-order valence-corrected chi connectivity index (χ4v) is 4.57. The Hall–Kier alpha value is -4.87. The molecule has 0 saturated heterocycles. The number of aromatic nitrogens is 9. The van der Waals surface area contributed by atoms with Crippen molar-refractivity contribution < 1.29 is 9.53 Å². The molecule has 1 N–H and O–H groups in total. The molecule has 1 aromatic carbocycles. The third kappa shape index (κ3) is 5.00. The van der Waals surface area contributed by atoms with E-state index in [0.717, 1.165) is 47.3 Å². The molecule has 5 rings (SSSR count). The molecule has 4 aromatic heterocycles. The standard InChI is InChI=1S/C27H29N9O3/c1-4-6-9-19-17-35(25-22(26(37)39-3)15-29-36(25)5-2)27(38)34(19)16-18-12-13-23(28-14-18)20-10-7-8-11-21(20)24-30-32-33-31-24/h7-8,10-15,17H,4-6,9,16H2,1-3H3,(H,30,31,32,33). The van der Waals surface area contributed by atoms with Gasteiger partial charge in [0.05, 0.1) is 25.5 Å². The third-order valence-electron chi connectivity index (χ3n) is 6.56. The Morgan fingerprint density at radius 2 is 1.90 bits per heavy atom. The summed E-state index contributed by atoms with van der Waals surface area (Å²) in [4.78, 5) is 30.9. The lowest BCUT2D eigenvalue weighted by Crippen LogP contribution is -2.27. The summed E-state index contributed by atoms with van der Waals surface area (Å²) in [5.74, 6) is 0.418. The fraction of sp³-hybridized carbons (Fsp3) is 0.296. The number of carbonyl (C=O) groups excluding carboxylic acids is 1. The highest BCUT2D eigenvalue weighted by molar-refractivity contribution is 5.92. The third-order valence-corrected chi connectivity index (χ3v) is 6.56. The van der Waals surface area contributed by atoms with E-state index in [1.54, 1.807) is 21.6 Å². The van der Waals surface area contributed by atoms with Crippen molar-refractivity contribution in [2.75, 3.05) is 7.11 Å². The summed E-state index contributed by atoms with van der Waals surface area (Å²) in [6.45, 7) is 4.84. The molecule has 0 radical (unpaired) electrons. The Balaban J connectivity index is 1.51. The molecule has 0 unspecified atom stereocenters. The van der Waals surface area contributed by atoms with Crippen molar-refractivity contribution in [2.45, 2.75) is 46.2 Å². The molecular weight excluding hydrogens is 498 g/mol. The van der Waals surface area contributed by atoms with E-state index in [4.69, 9.17) is 4.74 Å². The van der Waals surface area contributed by atoms with E-state index in [-0.39, 0.29) is 11.3 Å². The number of ether oxygens (including phenoxy) is 1. The molecule has 39 heavy (non-hydrogen) atoms. The number of H-pyrrole nitrogens is 1. The summed E-state index contributed by atoms with van der Waals surface area (Å²) in [6, 6.07) is 11.6. The van der Waals surface area contributed by atoms with Crippen LogP contribution in [0, 0.1) is 0 Å². The molecule has 0 aliphatic carbocycles. The van der Waals surface area contributed by atoms with Gasteiger partial charge >= 0.3 is 11.7 Å². The Morgan fingerprint density at radius 3 is 2.56 bits per heavy atom. The molecule has 5 aromatic rings. The number of aryl methyl sites for hydroxylation is 2. The summed E-state index contributed by atoms with van der Waals surface area (Å²) >= 11 is 0. The number of imidazole rings is 1. The largest absolute Gasteiger partial charge is 0.465 e. The molecule has 12 nitrogen and oxygen atoms in total. The number of unbranched alkanes of at least 4 members (excludes halogenated alkanes) is 1. The Labute approximate surface area is 224 Å². The van der Waals surface area contributed by atoms with Crippen molar-refractivity contribution in [1.82, 2.24) is 44.5 Å². The van der Waals surface area contributed by atoms with Crippen LogP contribution >= 0.6 is 0 Å². The Bertz CT molecular complexity index is 1630. The second kappa shape index (κ2) is 11.3. The molecule has 0 aliphatic heterocycles. The fourth-order valence-electron chi connectivity index (χ4n) is 4.57. The van der Waals surface area contributed by atoms with Crippen LogP contribution in [-0.2, 0) is 24.2 Å². The number of aromatic amines is 1. The molecule has 12 heteroatoms. The number of nitrogens with zero attached hydrogens (tertiary/aromatic N) is 8. The summed E-state index contributed by atoms with van der Waals surface area (Å²) < 4.78 is 9.79. The van der Waals surface area contributed by atoms with E-state index in [2.05, 4.69) is 37.6 Å². The minimum Gasteiger partial charge on any atom is -0.465 e. The van der Waals surface area contributed by atoms with Gasteiger partial charge in [-0.15, -0.1) is 5.10 Å². The molecule has 0 bridgehead atoms. The number of rotatable bonds is 10. The van der Waals surface area contributed by atoms with E-state index in [9.17, 15) is 9.59 Å². The highest BCUT2D eigenvalue weighted by atomic mass is 16.5. The second-order valence-corrected chi connectivity index (χ2v) is 9.00. The van der Waals surface area contributed by atoms with Crippen LogP contribution < -0.4 is 5.69 Å². The summed E-state index contributed by atoms with van der Waals surface area (Å²) in [6.07, 6.45) is 7.64. The van der Waals surface area contributed by atoms with Crippen LogP contribution in [0.2, 0.25) is 0 Å². The molecule has 0 fully saturated rings. The molecule has 0 saturated carbocycles. The first kappa shape index (κ1) is 25.8. The van der Waals surface area contributed by atoms with Gasteiger partial charge in [0.1, 0.15) is 5.56 Å². The predicted molar refractivity (Wildman–Crippen MR) is 143 cm³/mol. The van der Waals surface area contributed by atoms with Gasteiger partial charge in [-0.05, 0) is 41.8 Å². The van der Waals surface area contributed by atoms with Crippen LogP contribution in [0.15, 0.2) is 59.8 Å². The van der Waals surface area contributed by atoms with Gasteiger partial charge in [-0.2, -0.15) is 5.10 Å². The molecule has 200 valence electrons. The number of methoxy groups -OCH3 is 1. The zero-order valence-corrected chi connectivity index (χ0v) is 22.0. The van der Waals surface area contributed by atoms with Crippen LogP contribution in [0.25, 0.3) is 28.5 Å². The zero-order chi connectivity index (χ0) is 27.4. The van der Waals surface area contributed by atoms with Crippen molar-refractivity contribution >= 4 is 5.97 Å². The summed E-state index contributed by atoms with van der Waals surface area (Å²) in [5.41, 5.74) is 4.21. The minimum atomic E-state index is -0.541. The molecule has 0 atom stereocenters. The average Bonchev–Trinajstić information content (AvgIpc) is 3.72. The number of benzene rings is 1. The maximum absolute atomic E-state index is 13.7. The molecule has 0 spiro atoms. The average molecular weight is 528 g/mol. The topological polar surface area (TPSA) is 138 Å². The molecule has 0 amide bonds. The van der Waals surface area contributed by atoms with Crippen molar-refractivity contribution in [3.63, 3.8) is 0 Å². The number of tetrazole rings is 1. The van der Waals surface area contributed by atoms with Gasteiger partial charge in [-0.1, -0.05) is 43.7 Å². The van der Waals surface area contributed by atoms with Crippen molar-refractivity contribution in [3.05, 3.63) is 82.3 Å². The first-order valence-electron chi connectivity index (χ1n) is 12.8. The van der Waals surface area contributed by atoms with E-state index in [1.807, 2.05) is 43.3 Å². The second-order valence-electron chi connectivity index (χ2n) is 9.00. The lowest BCUT2D eigenvalue weighted by Gasteiger charge is -2.09. The van der Waals surface area contributed by atoms with Gasteiger partial charge in [0.25, 0.3) is 0 Å². The molecule has 4 heterocycles. The zero-order valence-electron chi connectivity index (χ0n) is 22.0. The van der Waals surface area contributed by atoms with Crippen molar-refractivity contribution in [1.29, 1.82) is 0 Å². The van der Waals surface area contributed by atoms with E-state index in [1.165, 1.54) is 17.9 Å². The Morgan fingerprint density at radius 1 is 1.08 bits per heavy atom.